The van der Waals surface area contributed by atoms with Crippen molar-refractivity contribution in [1.82, 2.24) is 5.32 Å². The second kappa shape index (κ2) is 8.75. The summed E-state index contributed by atoms with van der Waals surface area (Å²) in [5.41, 5.74) is 0.110. The molecule has 2 aromatic rings. The Morgan fingerprint density at radius 1 is 1.08 bits per heavy atom. The third-order valence-corrected chi connectivity index (χ3v) is 4.09. The van der Waals surface area contributed by atoms with Gasteiger partial charge in [0.25, 0.3) is 5.76 Å². The van der Waals surface area contributed by atoms with Crippen LogP contribution in [0.4, 0.5) is 28.0 Å². The summed E-state index contributed by atoms with van der Waals surface area (Å²) in [4.78, 5) is 12.2. The van der Waals surface area contributed by atoms with E-state index in [-0.39, 0.29) is 22.6 Å². The third-order valence-electron chi connectivity index (χ3n) is 3.30. The Balaban J connectivity index is 1.98. The number of hydrogen-bond donors (Lipinski definition) is 2. The van der Waals surface area contributed by atoms with Crippen LogP contribution < -0.4 is 10.6 Å². The Kier molecular flexibility index (Phi) is 6.69. The molecule has 1 atom stereocenters. The van der Waals surface area contributed by atoms with Crippen molar-refractivity contribution in [2.75, 3.05) is 5.32 Å². The quantitative estimate of drug-likeness (QED) is 0.551. The second-order valence-corrected chi connectivity index (χ2v) is 6.31. The largest absolute Gasteiger partial charge is 0.335 e. The molecule has 0 aliphatic heterocycles. The Morgan fingerprint density at radius 2 is 1.72 bits per heavy atom. The van der Waals surface area contributed by atoms with Gasteiger partial charge in [-0.25, -0.2) is 13.6 Å². The molecule has 2 aromatic carbocycles. The normalized spacial score (nSPS) is 12.1. The number of nitrogens with one attached hydrogen (secondary N) is 2. The van der Waals surface area contributed by atoms with Gasteiger partial charge in [0.2, 0.25) is 0 Å². The van der Waals surface area contributed by atoms with Crippen molar-refractivity contribution < 1.29 is 22.4 Å². The smallest absolute Gasteiger partial charge is 0.319 e. The van der Waals surface area contributed by atoms with E-state index < -0.39 is 29.5 Å². The second-order valence-electron chi connectivity index (χ2n) is 5.28. The molecule has 2 amide bonds. The number of hydrogen-bond acceptors (Lipinski definition) is 2. The first-order chi connectivity index (χ1) is 11.9. The van der Waals surface area contributed by atoms with Crippen LogP contribution >= 0.6 is 11.8 Å². The molecule has 8 heteroatoms. The summed E-state index contributed by atoms with van der Waals surface area (Å²) in [5, 5.41) is 5.00. The van der Waals surface area contributed by atoms with Gasteiger partial charge in [-0.1, -0.05) is 30.0 Å². The Morgan fingerprint density at radius 3 is 2.36 bits per heavy atom. The summed E-state index contributed by atoms with van der Waals surface area (Å²) in [6, 6.07) is 8.46. The van der Waals surface area contributed by atoms with E-state index in [4.69, 9.17) is 0 Å². The molecule has 0 saturated heterocycles. The molecular formula is C17H16F4N2OS. The highest BCUT2D eigenvalue weighted by Crippen LogP contribution is 2.31. The number of urea groups is 1. The minimum absolute atomic E-state index is 0.0423. The van der Waals surface area contributed by atoms with Crippen molar-refractivity contribution >= 4 is 23.5 Å². The SMILES string of the molecule is CC(Cc1c(F)cccc1F)NC(=O)Nc1ccccc1SC(F)F. The van der Waals surface area contributed by atoms with E-state index in [1.807, 2.05) is 0 Å². The van der Waals surface area contributed by atoms with Crippen LogP contribution in [0, 0.1) is 11.6 Å². The minimum atomic E-state index is -2.62. The number of para-hydroxylation sites is 1. The van der Waals surface area contributed by atoms with Crippen LogP contribution in [0.3, 0.4) is 0 Å². The first kappa shape index (κ1) is 19.1. The lowest BCUT2D eigenvalue weighted by molar-refractivity contribution is 0.248. The predicted molar refractivity (Wildman–Crippen MR) is 90.0 cm³/mol. The third kappa shape index (κ3) is 5.67. The number of carbonyl (C=O) groups excluding carboxylic acids is 1. The fourth-order valence-electron chi connectivity index (χ4n) is 2.24. The minimum Gasteiger partial charge on any atom is -0.335 e. The van der Waals surface area contributed by atoms with Gasteiger partial charge >= 0.3 is 6.03 Å². The van der Waals surface area contributed by atoms with E-state index in [9.17, 15) is 22.4 Å². The van der Waals surface area contributed by atoms with Gasteiger partial charge in [0.15, 0.2) is 0 Å². The number of amides is 2. The number of halogens is 4. The summed E-state index contributed by atoms with van der Waals surface area (Å²) in [5.74, 6) is -3.99. The summed E-state index contributed by atoms with van der Waals surface area (Å²) in [6.45, 7) is 1.59. The van der Waals surface area contributed by atoms with Gasteiger partial charge in [-0.05, 0) is 37.6 Å². The molecule has 134 valence electrons. The van der Waals surface area contributed by atoms with Crippen molar-refractivity contribution in [3.05, 3.63) is 59.7 Å². The number of alkyl halides is 2. The number of carbonyl (C=O) groups is 1. The van der Waals surface area contributed by atoms with E-state index in [0.717, 1.165) is 12.1 Å². The standard InChI is InChI=1S/C17H16F4N2OS/c1-10(9-11-12(18)5-4-6-13(11)19)22-17(24)23-14-7-2-3-8-15(14)25-16(20)21/h2-8,10,16H,9H2,1H3,(H2,22,23,24). The van der Waals surface area contributed by atoms with Crippen LogP contribution in [0.15, 0.2) is 47.4 Å². The van der Waals surface area contributed by atoms with Crippen LogP contribution in [0.5, 0.6) is 0 Å². The maximum atomic E-state index is 13.6. The molecule has 1 unspecified atom stereocenters. The molecule has 0 bridgehead atoms. The molecule has 0 radical (unpaired) electrons. The average Bonchev–Trinajstić information content (AvgIpc) is 2.52. The van der Waals surface area contributed by atoms with Gasteiger partial charge < -0.3 is 10.6 Å². The average molecular weight is 372 g/mol. The van der Waals surface area contributed by atoms with Gasteiger partial charge in [0, 0.05) is 16.5 Å². The lowest BCUT2D eigenvalue weighted by atomic mass is 10.1. The highest BCUT2D eigenvalue weighted by atomic mass is 32.2. The van der Waals surface area contributed by atoms with E-state index in [0.29, 0.717) is 11.8 Å². The molecule has 0 aliphatic carbocycles. The van der Waals surface area contributed by atoms with Crippen LogP contribution in [0.25, 0.3) is 0 Å². The zero-order valence-electron chi connectivity index (χ0n) is 13.2. The first-order valence-electron chi connectivity index (χ1n) is 7.41. The zero-order valence-corrected chi connectivity index (χ0v) is 14.0. The Labute approximate surface area is 146 Å². The molecule has 0 saturated carbocycles. The molecule has 2 rings (SSSR count). The Bertz CT molecular complexity index is 722. The molecule has 3 nitrogen and oxygen atoms in total. The number of thioether (sulfide) groups is 1. The van der Waals surface area contributed by atoms with Gasteiger partial charge in [-0.2, -0.15) is 8.78 Å². The Hall–Kier alpha value is -2.22. The van der Waals surface area contributed by atoms with Crippen LogP contribution in [-0.2, 0) is 6.42 Å². The summed E-state index contributed by atoms with van der Waals surface area (Å²) < 4.78 is 52.3. The van der Waals surface area contributed by atoms with Crippen LogP contribution in [-0.4, -0.2) is 17.8 Å². The highest BCUT2D eigenvalue weighted by molar-refractivity contribution is 7.99. The number of anilines is 1. The topological polar surface area (TPSA) is 41.1 Å². The van der Waals surface area contributed by atoms with Gasteiger partial charge in [0.05, 0.1) is 5.69 Å². The lowest BCUT2D eigenvalue weighted by Crippen LogP contribution is -2.37. The van der Waals surface area contributed by atoms with E-state index in [2.05, 4.69) is 10.6 Å². The summed E-state index contributed by atoms with van der Waals surface area (Å²) in [6.07, 6.45) is -0.0423. The molecule has 0 aromatic heterocycles. The van der Waals surface area contributed by atoms with Gasteiger partial charge in [-0.3, -0.25) is 0 Å². The van der Waals surface area contributed by atoms with Crippen molar-refractivity contribution in [2.45, 2.75) is 30.0 Å². The highest BCUT2D eigenvalue weighted by Gasteiger charge is 2.16. The zero-order chi connectivity index (χ0) is 18.4. The van der Waals surface area contributed by atoms with E-state index >= 15 is 0 Å². The van der Waals surface area contributed by atoms with Crippen LogP contribution in [0.2, 0.25) is 0 Å². The molecule has 0 heterocycles. The van der Waals surface area contributed by atoms with Crippen molar-refractivity contribution in [3.63, 3.8) is 0 Å². The number of rotatable bonds is 6. The monoisotopic (exact) mass is 372 g/mol. The first-order valence-corrected chi connectivity index (χ1v) is 8.29. The molecule has 25 heavy (non-hydrogen) atoms. The molecular weight excluding hydrogens is 356 g/mol. The molecule has 0 aliphatic rings. The van der Waals surface area contributed by atoms with E-state index in [1.165, 1.54) is 18.2 Å². The fourth-order valence-corrected chi connectivity index (χ4v) is 2.83. The molecule has 2 N–H and O–H groups in total. The lowest BCUT2D eigenvalue weighted by Gasteiger charge is -2.16. The maximum Gasteiger partial charge on any atom is 0.319 e. The van der Waals surface area contributed by atoms with Crippen LogP contribution in [0.1, 0.15) is 12.5 Å². The van der Waals surface area contributed by atoms with Crippen molar-refractivity contribution in [1.29, 1.82) is 0 Å². The predicted octanol–water partition coefficient (Wildman–Crippen LogP) is 5.03. The van der Waals surface area contributed by atoms with Crippen molar-refractivity contribution in [2.24, 2.45) is 0 Å². The molecule has 0 spiro atoms. The fraction of sp³-hybridized carbons (Fsp3) is 0.235. The van der Waals surface area contributed by atoms with Gasteiger partial charge in [0.1, 0.15) is 11.6 Å². The summed E-state index contributed by atoms with van der Waals surface area (Å²) >= 11 is 0.317. The van der Waals surface area contributed by atoms with E-state index in [1.54, 1.807) is 19.1 Å². The van der Waals surface area contributed by atoms with Crippen molar-refractivity contribution in [3.8, 4) is 0 Å². The summed E-state index contributed by atoms with van der Waals surface area (Å²) in [7, 11) is 0. The number of benzene rings is 2. The molecule has 0 fully saturated rings. The maximum absolute atomic E-state index is 13.6. The van der Waals surface area contributed by atoms with Gasteiger partial charge in [-0.15, -0.1) is 0 Å².